The Morgan fingerprint density at radius 1 is 0.473 bits per heavy atom. The van der Waals surface area contributed by atoms with Crippen molar-refractivity contribution in [1.82, 2.24) is 57.7 Å². The van der Waals surface area contributed by atoms with Crippen molar-refractivity contribution >= 4 is 82.9 Å². The minimum Gasteiger partial charge on any atom is -0.481 e. The number of unbranched alkanes of at least 4 members (excludes halogenated alkanes) is 8. The van der Waals surface area contributed by atoms with Crippen LogP contribution < -0.4 is 59.3 Å². The molecule has 2 aliphatic rings. The van der Waals surface area contributed by atoms with E-state index in [0.717, 1.165) is 43.4 Å². The summed E-state index contributed by atoms with van der Waals surface area (Å²) in [5.41, 5.74) is 11.4. The molecule has 0 aromatic carbocycles. The van der Waals surface area contributed by atoms with Gasteiger partial charge < -0.3 is 94.7 Å². The molecule has 0 aromatic rings. The Morgan fingerprint density at radius 2 is 0.923 bits per heavy atom. The fraction of sp³-hybridized carbons (Fsp3) is 0.763. The predicted octanol–water partition coefficient (Wildman–Crippen LogP) is -2.78. The summed E-state index contributed by atoms with van der Waals surface area (Å²) in [5.74, 6) is -15.2. The molecular formula is C59H101N13O19. The number of carboxylic acids is 3. The largest absolute Gasteiger partial charge is 0.481 e. The molecule has 11 amide bonds. The summed E-state index contributed by atoms with van der Waals surface area (Å²) in [7, 11) is 0. The Hall–Kier alpha value is -7.58. The van der Waals surface area contributed by atoms with E-state index in [1.165, 1.54) is 32.6 Å². The molecule has 2 aliphatic heterocycles. The molecule has 2 fully saturated rings. The van der Waals surface area contributed by atoms with Crippen LogP contribution in [0.5, 0.6) is 0 Å². The number of nitrogens with two attached hydrogens (primary N) is 2. The van der Waals surface area contributed by atoms with Gasteiger partial charge in [0.1, 0.15) is 66.5 Å². The number of nitrogens with zero attached hydrogens (tertiary/aromatic N) is 2. The number of rotatable bonds is 44. The van der Waals surface area contributed by atoms with Gasteiger partial charge >= 0.3 is 17.9 Å². The van der Waals surface area contributed by atoms with Crippen LogP contribution in [-0.2, 0) is 67.1 Å². The third-order valence-electron chi connectivity index (χ3n) is 16.0. The number of carbonyl (C=O) groups excluding carboxylic acids is 11. The number of aliphatic hydroxyl groups is 2. The Morgan fingerprint density at radius 3 is 1.45 bits per heavy atom. The fourth-order valence-electron chi connectivity index (χ4n) is 10.5. The zero-order valence-electron chi connectivity index (χ0n) is 53.4. The van der Waals surface area contributed by atoms with Crippen molar-refractivity contribution in [2.24, 2.45) is 17.4 Å². The van der Waals surface area contributed by atoms with Gasteiger partial charge in [0.25, 0.3) is 0 Å². The van der Waals surface area contributed by atoms with Crippen LogP contribution in [0.25, 0.3) is 0 Å². The van der Waals surface area contributed by atoms with Gasteiger partial charge in [-0.2, -0.15) is 0 Å². The highest BCUT2D eigenvalue weighted by molar-refractivity contribution is 6.00. The minimum atomic E-state index is -2.00. The molecule has 2 heterocycles. The molecule has 18 N–H and O–H groups in total. The lowest BCUT2D eigenvalue weighted by Gasteiger charge is -2.30. The first-order chi connectivity index (χ1) is 43.1. The second kappa shape index (κ2) is 41.7. The molecule has 0 spiro atoms. The van der Waals surface area contributed by atoms with Crippen molar-refractivity contribution in [2.75, 3.05) is 32.8 Å². The number of hydrogen-bond donors (Lipinski definition) is 16. The van der Waals surface area contributed by atoms with Gasteiger partial charge in [0.05, 0.1) is 25.6 Å². The van der Waals surface area contributed by atoms with Crippen LogP contribution in [0.4, 0.5) is 0 Å². The second-order valence-corrected chi connectivity index (χ2v) is 23.5. The maximum absolute atomic E-state index is 14.0. The average Bonchev–Trinajstić information content (AvgIpc) is 2.41. The lowest BCUT2D eigenvalue weighted by atomic mass is 9.96. The first-order valence-corrected chi connectivity index (χ1v) is 31.8. The van der Waals surface area contributed by atoms with E-state index >= 15 is 0 Å². The van der Waals surface area contributed by atoms with E-state index in [0.29, 0.717) is 51.5 Å². The zero-order chi connectivity index (χ0) is 68.5. The number of amides is 11. The summed E-state index contributed by atoms with van der Waals surface area (Å²) >= 11 is 0. The molecule has 0 aliphatic carbocycles. The topological polar surface area (TPSA) is 507 Å². The Bertz CT molecular complexity index is 2470. The van der Waals surface area contributed by atoms with Crippen molar-refractivity contribution in [3.8, 4) is 0 Å². The first kappa shape index (κ1) is 79.5. The summed E-state index contributed by atoms with van der Waals surface area (Å²) in [6, 6.07) is -16.2. The number of carboxylic acid groups (broad SMARTS) is 3. The highest BCUT2D eigenvalue weighted by atomic mass is 16.4. The van der Waals surface area contributed by atoms with Gasteiger partial charge in [-0.25, -0.2) is 4.79 Å². The van der Waals surface area contributed by atoms with Crippen LogP contribution in [0.1, 0.15) is 176 Å². The predicted molar refractivity (Wildman–Crippen MR) is 327 cm³/mol. The van der Waals surface area contributed by atoms with E-state index < -0.39 is 175 Å². The summed E-state index contributed by atoms with van der Waals surface area (Å²) in [5, 5.41) is 70.7. The third kappa shape index (κ3) is 27.4. The summed E-state index contributed by atoms with van der Waals surface area (Å²) in [6.07, 6.45) is 6.64. The van der Waals surface area contributed by atoms with Crippen molar-refractivity contribution in [2.45, 2.75) is 249 Å². The molecule has 32 nitrogen and oxygen atoms in total. The molecule has 0 bridgehead atoms. The lowest BCUT2D eigenvalue weighted by Crippen LogP contribution is -2.61. The molecule has 91 heavy (non-hydrogen) atoms. The highest BCUT2D eigenvalue weighted by Gasteiger charge is 2.41. The number of carbonyl (C=O) groups is 14. The van der Waals surface area contributed by atoms with Crippen LogP contribution in [0.15, 0.2) is 0 Å². The summed E-state index contributed by atoms with van der Waals surface area (Å²) in [6.45, 7) is 9.05. The average molecular weight is 1300 g/mol. The summed E-state index contributed by atoms with van der Waals surface area (Å²) < 4.78 is 0. The quantitative estimate of drug-likeness (QED) is 0.0275. The Balaban J connectivity index is 2.18. The van der Waals surface area contributed by atoms with Crippen molar-refractivity contribution in [1.29, 1.82) is 0 Å². The molecule has 32 heteroatoms. The normalized spacial score (nSPS) is 18.2. The third-order valence-corrected chi connectivity index (χ3v) is 16.0. The smallest absolute Gasteiger partial charge is 0.326 e. The van der Waals surface area contributed by atoms with Gasteiger partial charge in [-0.3, -0.25) is 62.3 Å². The van der Waals surface area contributed by atoms with Crippen LogP contribution in [0, 0.1) is 5.92 Å². The molecule has 2 saturated heterocycles. The Labute approximate surface area is 530 Å². The molecule has 13 atom stereocenters. The SMILES string of the molecule is CCCCCCCCCC(=O)N1CCC[C@H]1C(=O)N[C@H](C(=O)N[C@@H](C)C(=O)N[C@@H](CCCCN)C(=O)N[C@@H](C)C(=O)N1CCC[C@H]1C(=O)N[C@@H](CO)C(=O)N[C@@H](CCCCN)C(=O)N[C@H](C(=O)N[C@@H](CC(=O)O)C(=O)N[C@@H](CC(=O)O)C(=O)O)[C@@H](C)CC)[C@@H](C)O. The molecule has 516 valence electrons. The standard InChI is InChI=1S/C59H101N13O19/c1-7-9-10-11-12-13-14-25-44(75)71-28-19-23-42(71)55(86)70-48(36(6)74)57(88)62-34(4)49(80)64-37(21-15-17-26-60)50(81)63-35(5)58(89)72-29-20-24-43(72)54(85)68-41(32-73)53(84)65-38(22-16-18-27-61)51(82)69-47(33(3)8-2)56(87)66-39(30-45(76)77)52(83)67-40(59(90)91)31-46(78)79/h33-43,47-48,73-74H,7-32,60-61H2,1-6H3,(H,62,88)(H,63,81)(H,64,80)(H,65,84)(H,66,87)(H,67,83)(H,68,85)(H,69,82)(H,70,86)(H,76,77)(H,78,79)(H,90,91)/t33-,34-,35-,36+,37-,38-,39-,40-,41-,42-,43-,47-,48-/m0/s1. The summed E-state index contributed by atoms with van der Waals surface area (Å²) in [4.78, 5) is 188. The maximum Gasteiger partial charge on any atom is 0.326 e. The number of aliphatic hydroxyl groups excluding tert-OH is 2. The molecule has 2 rings (SSSR count). The van der Waals surface area contributed by atoms with E-state index in [1.807, 2.05) is 5.32 Å². The first-order valence-electron chi connectivity index (χ1n) is 31.8. The van der Waals surface area contributed by atoms with Crippen LogP contribution in [-0.4, -0.2) is 224 Å². The number of nitrogens with one attached hydrogen (secondary N) is 9. The van der Waals surface area contributed by atoms with E-state index in [1.54, 1.807) is 6.92 Å². The van der Waals surface area contributed by atoms with Gasteiger partial charge in [0.2, 0.25) is 65.0 Å². The van der Waals surface area contributed by atoms with Crippen LogP contribution in [0.3, 0.4) is 0 Å². The van der Waals surface area contributed by atoms with Crippen molar-refractivity contribution in [3.05, 3.63) is 0 Å². The van der Waals surface area contributed by atoms with Crippen LogP contribution >= 0.6 is 0 Å². The minimum absolute atomic E-state index is 0.0227. The Kier molecular flexibility index (Phi) is 36.5. The van der Waals surface area contributed by atoms with Gasteiger partial charge in [0.15, 0.2) is 0 Å². The second-order valence-electron chi connectivity index (χ2n) is 23.5. The van der Waals surface area contributed by atoms with E-state index in [2.05, 4.69) is 49.5 Å². The number of likely N-dealkylation sites (tertiary alicyclic amines) is 2. The van der Waals surface area contributed by atoms with Crippen molar-refractivity contribution in [3.63, 3.8) is 0 Å². The fourth-order valence-corrected chi connectivity index (χ4v) is 10.5. The van der Waals surface area contributed by atoms with Gasteiger partial charge in [-0.1, -0.05) is 65.7 Å². The molecule has 0 saturated carbocycles. The maximum atomic E-state index is 14.0. The van der Waals surface area contributed by atoms with Gasteiger partial charge in [-0.15, -0.1) is 0 Å². The molecule has 0 aromatic heterocycles. The monoisotopic (exact) mass is 1300 g/mol. The number of hydrogen-bond acceptors (Lipinski definition) is 18. The number of aliphatic carboxylic acids is 3. The zero-order valence-corrected chi connectivity index (χ0v) is 53.4. The van der Waals surface area contributed by atoms with Crippen LogP contribution in [0.2, 0.25) is 0 Å². The molecule has 0 unspecified atom stereocenters. The molecule has 0 radical (unpaired) electrons. The van der Waals surface area contributed by atoms with E-state index in [9.17, 15) is 87.5 Å². The van der Waals surface area contributed by atoms with Crippen molar-refractivity contribution < 1.29 is 92.7 Å². The van der Waals surface area contributed by atoms with Gasteiger partial charge in [-0.05, 0) is 110 Å². The van der Waals surface area contributed by atoms with Gasteiger partial charge in [0, 0.05) is 19.5 Å². The van der Waals surface area contributed by atoms with E-state index in [4.69, 9.17) is 16.6 Å². The highest BCUT2D eigenvalue weighted by Crippen LogP contribution is 2.22. The lowest BCUT2D eigenvalue weighted by molar-refractivity contribution is -0.148. The van der Waals surface area contributed by atoms with E-state index in [-0.39, 0.29) is 64.1 Å². The molecular weight excluding hydrogens is 1190 g/mol.